The fourth-order valence-electron chi connectivity index (χ4n) is 8.88. The van der Waals surface area contributed by atoms with Gasteiger partial charge in [-0.25, -0.2) is 9.18 Å². The molecule has 188 valence electrons. The van der Waals surface area contributed by atoms with Crippen LogP contribution in [0.15, 0.2) is 0 Å². The molecule has 6 saturated carbocycles. The van der Waals surface area contributed by atoms with Gasteiger partial charge < -0.3 is 9.47 Å². The zero-order valence-electron chi connectivity index (χ0n) is 20.0. The number of carbonyl (C=O) groups is 1. The summed E-state index contributed by atoms with van der Waals surface area (Å²) in [5, 5.41) is 0. The number of hydrogen-bond donors (Lipinski definition) is 0. The minimum absolute atomic E-state index is 0.106. The Hall–Kier alpha value is -0.850. The van der Waals surface area contributed by atoms with Gasteiger partial charge in [-0.05, 0) is 112 Å². The van der Waals surface area contributed by atoms with Gasteiger partial charge >= 0.3 is 18.0 Å². The summed E-state index contributed by atoms with van der Waals surface area (Å²) in [4.78, 5) is 12.6. The van der Waals surface area contributed by atoms with Crippen molar-refractivity contribution >= 4 is 5.97 Å². The van der Waals surface area contributed by atoms with Crippen molar-refractivity contribution in [2.75, 3.05) is 6.61 Å². The normalized spacial score (nSPS) is 45.6. The van der Waals surface area contributed by atoms with E-state index in [4.69, 9.17) is 9.47 Å². The highest BCUT2D eigenvalue weighted by molar-refractivity contribution is 5.71. The van der Waals surface area contributed by atoms with Gasteiger partial charge in [-0.15, -0.1) is 0 Å². The Kier molecular flexibility index (Phi) is 5.85. The van der Waals surface area contributed by atoms with E-state index in [0.29, 0.717) is 36.0 Å². The number of alkyl halides is 4. The van der Waals surface area contributed by atoms with E-state index in [1.54, 1.807) is 0 Å². The lowest BCUT2D eigenvalue weighted by Gasteiger charge is -2.59. The number of halogens is 4. The van der Waals surface area contributed by atoms with Crippen LogP contribution in [0, 0.1) is 53.3 Å². The smallest absolute Gasteiger partial charge is 0.448 e. The third kappa shape index (κ3) is 4.12. The lowest BCUT2D eigenvalue weighted by Crippen LogP contribution is -2.58. The first-order valence-corrected chi connectivity index (χ1v) is 13.0. The van der Waals surface area contributed by atoms with Crippen LogP contribution >= 0.6 is 0 Å². The summed E-state index contributed by atoms with van der Waals surface area (Å²) in [5.74, 6) is -1.99. The maximum atomic E-state index is 15.4. The van der Waals surface area contributed by atoms with Crippen LogP contribution in [0.25, 0.3) is 0 Å². The lowest BCUT2D eigenvalue weighted by molar-refractivity contribution is -0.339. The van der Waals surface area contributed by atoms with Gasteiger partial charge in [-0.3, -0.25) is 0 Å². The van der Waals surface area contributed by atoms with Crippen LogP contribution in [-0.2, 0) is 14.3 Å². The summed E-state index contributed by atoms with van der Waals surface area (Å²) in [7, 11) is 0. The SMILES string of the molecule is CC(C)C1CC2CC(CC(F)(OCC(=O)OC3(C)C4CC5CC(C4)CC3C5)C(F)(F)F)C1C2. The maximum Gasteiger partial charge on any atom is 0.448 e. The molecule has 6 aliphatic carbocycles. The number of rotatable bonds is 7. The first-order chi connectivity index (χ1) is 15.4. The summed E-state index contributed by atoms with van der Waals surface area (Å²) in [5.41, 5.74) is -0.667. The fraction of sp³-hybridized carbons (Fsp3) is 0.962. The quantitative estimate of drug-likeness (QED) is 0.304. The van der Waals surface area contributed by atoms with Gasteiger partial charge in [0.25, 0.3) is 0 Å². The Balaban J connectivity index is 1.22. The van der Waals surface area contributed by atoms with Gasteiger partial charge in [-0.1, -0.05) is 13.8 Å². The Bertz CT molecular complexity index is 737. The summed E-state index contributed by atoms with van der Waals surface area (Å²) in [6.45, 7) is 5.11. The molecule has 3 nitrogen and oxygen atoms in total. The third-order valence-electron chi connectivity index (χ3n) is 10.3. The highest BCUT2D eigenvalue weighted by atomic mass is 19.4. The van der Waals surface area contributed by atoms with Gasteiger partial charge in [0.2, 0.25) is 0 Å². The second kappa shape index (κ2) is 8.09. The van der Waals surface area contributed by atoms with Crippen LogP contribution in [0.5, 0.6) is 0 Å². The lowest BCUT2D eigenvalue weighted by atomic mass is 9.50. The number of ether oxygens (including phenoxy) is 2. The van der Waals surface area contributed by atoms with Crippen LogP contribution in [0.2, 0.25) is 0 Å². The number of hydrogen-bond acceptors (Lipinski definition) is 3. The molecular weight excluding hydrogens is 436 g/mol. The van der Waals surface area contributed by atoms with Crippen LogP contribution < -0.4 is 0 Å². The largest absolute Gasteiger partial charge is 0.457 e. The van der Waals surface area contributed by atoms with E-state index in [2.05, 4.69) is 13.8 Å². The van der Waals surface area contributed by atoms with Crippen molar-refractivity contribution in [2.24, 2.45) is 53.3 Å². The van der Waals surface area contributed by atoms with Crippen molar-refractivity contribution < 1.29 is 31.8 Å². The summed E-state index contributed by atoms with van der Waals surface area (Å²) in [6, 6.07) is 0. The molecule has 6 rings (SSSR count). The van der Waals surface area contributed by atoms with E-state index in [0.717, 1.165) is 38.5 Å². The Morgan fingerprint density at radius 2 is 1.48 bits per heavy atom. The van der Waals surface area contributed by atoms with E-state index < -0.39 is 36.6 Å². The van der Waals surface area contributed by atoms with Gasteiger partial charge in [-0.2, -0.15) is 13.2 Å². The molecule has 0 saturated heterocycles. The molecule has 0 aliphatic heterocycles. The molecule has 33 heavy (non-hydrogen) atoms. The highest BCUT2D eigenvalue weighted by Gasteiger charge is 2.62. The molecule has 5 atom stereocenters. The van der Waals surface area contributed by atoms with Crippen molar-refractivity contribution in [3.8, 4) is 0 Å². The van der Waals surface area contributed by atoms with E-state index in [-0.39, 0.29) is 23.7 Å². The predicted octanol–water partition coefficient (Wildman–Crippen LogP) is 6.70. The monoisotopic (exact) mass is 474 g/mol. The molecule has 0 heterocycles. The van der Waals surface area contributed by atoms with Crippen LogP contribution in [0.4, 0.5) is 17.6 Å². The number of fused-ring (bicyclic) bond motifs is 2. The Labute approximate surface area is 194 Å². The van der Waals surface area contributed by atoms with Gasteiger partial charge in [0, 0.05) is 6.42 Å². The first-order valence-electron chi connectivity index (χ1n) is 13.0. The van der Waals surface area contributed by atoms with Crippen molar-refractivity contribution in [2.45, 2.75) is 96.2 Å². The molecular formula is C26H38F4O3. The average molecular weight is 475 g/mol. The minimum atomic E-state index is -5.19. The molecule has 6 aliphatic rings. The number of esters is 1. The Morgan fingerprint density at radius 3 is 2.00 bits per heavy atom. The molecule has 0 aromatic heterocycles. The second-order valence-corrected chi connectivity index (χ2v) is 12.6. The summed E-state index contributed by atoms with van der Waals surface area (Å²) < 4.78 is 67.4. The molecule has 7 heteroatoms. The fourth-order valence-corrected chi connectivity index (χ4v) is 8.88. The number of carbonyl (C=O) groups excluding carboxylic acids is 1. The van der Waals surface area contributed by atoms with E-state index >= 15 is 4.39 Å². The molecule has 0 N–H and O–H groups in total. The first kappa shape index (κ1) is 23.9. The van der Waals surface area contributed by atoms with E-state index in [1.807, 2.05) is 6.92 Å². The molecule has 0 radical (unpaired) electrons. The molecule has 6 fully saturated rings. The van der Waals surface area contributed by atoms with E-state index in [1.165, 1.54) is 6.42 Å². The van der Waals surface area contributed by atoms with Gasteiger partial charge in [0.15, 0.2) is 0 Å². The third-order valence-corrected chi connectivity index (χ3v) is 10.3. The second-order valence-electron chi connectivity index (χ2n) is 12.6. The molecule has 5 unspecified atom stereocenters. The van der Waals surface area contributed by atoms with Crippen LogP contribution in [0.3, 0.4) is 0 Å². The molecule has 0 spiro atoms. The topological polar surface area (TPSA) is 35.5 Å². The summed E-state index contributed by atoms with van der Waals surface area (Å²) >= 11 is 0. The average Bonchev–Trinajstić information content (AvgIpc) is 3.30. The van der Waals surface area contributed by atoms with E-state index in [9.17, 15) is 18.0 Å². The Morgan fingerprint density at radius 1 is 0.909 bits per heavy atom. The molecule has 6 bridgehead atoms. The van der Waals surface area contributed by atoms with Gasteiger partial charge in [0.05, 0.1) is 0 Å². The molecule has 0 aromatic carbocycles. The van der Waals surface area contributed by atoms with Crippen molar-refractivity contribution in [1.29, 1.82) is 0 Å². The van der Waals surface area contributed by atoms with Crippen molar-refractivity contribution in [3.05, 3.63) is 0 Å². The highest BCUT2D eigenvalue weighted by Crippen LogP contribution is 2.60. The zero-order chi connectivity index (χ0) is 23.8. The zero-order valence-corrected chi connectivity index (χ0v) is 20.0. The standard InChI is InChI=1S/C26H38F4O3/c1-14(2)21-10-17-5-18(22(21)11-17)12-25(27,26(28,29)30)32-13-23(31)33-24(3)19-6-15-4-16(8-19)9-20(24)7-15/h14-22H,4-13H2,1-3H3. The predicted molar refractivity (Wildman–Crippen MR) is 115 cm³/mol. The summed E-state index contributed by atoms with van der Waals surface area (Å²) in [6.07, 6.45) is 1.90. The molecule has 0 aromatic rings. The maximum absolute atomic E-state index is 15.4. The van der Waals surface area contributed by atoms with Gasteiger partial charge in [0.1, 0.15) is 12.2 Å². The van der Waals surface area contributed by atoms with Crippen LogP contribution in [-0.4, -0.2) is 30.2 Å². The molecule has 0 amide bonds. The van der Waals surface area contributed by atoms with Crippen LogP contribution in [0.1, 0.15) is 78.6 Å². The van der Waals surface area contributed by atoms with Crippen molar-refractivity contribution in [1.82, 2.24) is 0 Å². The minimum Gasteiger partial charge on any atom is -0.457 e. The van der Waals surface area contributed by atoms with Crippen molar-refractivity contribution in [3.63, 3.8) is 0 Å².